The predicted molar refractivity (Wildman–Crippen MR) is 205 cm³/mol. The molecule has 0 spiro atoms. The van der Waals surface area contributed by atoms with Gasteiger partial charge < -0.3 is 34.6 Å². The number of thioether (sulfide) groups is 1. The number of nitrogens with zero attached hydrogens (tertiary/aromatic N) is 5. The van der Waals surface area contributed by atoms with Gasteiger partial charge in [0.05, 0.1) is 32.2 Å². The predicted octanol–water partition coefficient (Wildman–Crippen LogP) is 2.91. The summed E-state index contributed by atoms with van der Waals surface area (Å²) in [7, 11) is 1.57. The van der Waals surface area contributed by atoms with Gasteiger partial charge in [-0.2, -0.15) is 9.36 Å². The molecule has 2 atom stereocenters. The van der Waals surface area contributed by atoms with Crippen molar-refractivity contribution >= 4 is 63.9 Å². The number of rotatable bonds is 14. The number of oxime groups is 1. The molecule has 8 rings (SSSR count). The lowest BCUT2D eigenvalue weighted by molar-refractivity contribution is -0.940. The fourth-order valence-electron chi connectivity index (χ4n) is 7.45. The Hall–Kier alpha value is -4.75. The number of anilines is 1. The highest BCUT2D eigenvalue weighted by Crippen LogP contribution is 2.46. The summed E-state index contributed by atoms with van der Waals surface area (Å²) in [5.74, 6) is -0.789. The Bertz CT molecular complexity index is 1930. The maximum atomic E-state index is 14.0. The second-order valence-corrected chi connectivity index (χ2v) is 17.9. The Morgan fingerprint density at radius 1 is 1.09 bits per heavy atom. The summed E-state index contributed by atoms with van der Waals surface area (Å²) < 4.78 is 21.3. The van der Waals surface area contributed by atoms with E-state index in [9.17, 15) is 24.0 Å². The first-order valence-corrected chi connectivity index (χ1v) is 20.5. The molecule has 1 aromatic carbocycles. The van der Waals surface area contributed by atoms with Crippen molar-refractivity contribution in [3.05, 3.63) is 46.9 Å². The lowest BCUT2D eigenvalue weighted by Crippen LogP contribution is -2.71. The van der Waals surface area contributed by atoms with Crippen LogP contribution in [0.2, 0.25) is 0 Å². The minimum Gasteiger partial charge on any atom is -0.497 e. The number of esters is 1. The van der Waals surface area contributed by atoms with Gasteiger partial charge in [0.25, 0.3) is 11.8 Å². The number of benzene rings is 1. The molecule has 2 bridgehead atoms. The SMILES string of the molecule is COc1ccc(COC(=O)C2=C(C[N+]34CCC(C(N)=O)(CC3)CC4)CS[C@H]3[C@H](NC(=O)/C(=N\OCC4CC4)c4nsc(NC(=O)OC(C)(C)C)n4)C(=O)N23)cc1. The van der Waals surface area contributed by atoms with E-state index in [1.54, 1.807) is 52.1 Å². The molecule has 4 N–H and O–H groups in total. The Morgan fingerprint density at radius 2 is 1.79 bits per heavy atom. The molecule has 5 aliphatic heterocycles. The van der Waals surface area contributed by atoms with Crippen LogP contribution in [0.4, 0.5) is 9.93 Å². The van der Waals surface area contributed by atoms with E-state index in [1.807, 2.05) is 0 Å². The Balaban J connectivity index is 1.09. The first-order valence-electron chi connectivity index (χ1n) is 18.6. The summed E-state index contributed by atoms with van der Waals surface area (Å²) >= 11 is 2.28. The number of hydrogen-bond donors (Lipinski definition) is 3. The Morgan fingerprint density at radius 3 is 2.41 bits per heavy atom. The van der Waals surface area contributed by atoms with Gasteiger partial charge in [-0.05, 0) is 57.2 Å². The molecule has 2 aromatic rings. The highest BCUT2D eigenvalue weighted by atomic mass is 32.2. The summed E-state index contributed by atoms with van der Waals surface area (Å²) in [5, 5.41) is 8.84. The number of carbonyl (C=O) groups excluding carboxylic acids is 5. The standard InChI is InChI=1S/C37H46N8O9S2/c1-36(2,3)54-35(50)41-34-40-28(43-56-34)25(42-53-19-22-5-6-22)29(46)39-26-30(47)44-27(32(48)52-18-21-7-9-24(51-4)10-8-21)23(20-55-31(26)44)17-45-14-11-37(12-15-45,13-16-45)33(38)49/h7-10,22,26,31H,5-6,11-20H2,1-4H3,(H3-,38,39,40,41,43,46,49,50)/p+1/b42-25-/t26-,31+,37?,45?/m1/s1. The second kappa shape index (κ2) is 15.7. The second-order valence-electron chi connectivity index (χ2n) is 16.0. The van der Waals surface area contributed by atoms with Crippen LogP contribution in [-0.2, 0) is 40.1 Å². The molecule has 5 fully saturated rings. The van der Waals surface area contributed by atoms with E-state index in [-0.39, 0.29) is 34.9 Å². The minimum atomic E-state index is -1.00. The number of aromatic nitrogens is 2. The molecule has 17 nitrogen and oxygen atoms in total. The number of carbonyl (C=O) groups is 5. The summed E-state index contributed by atoms with van der Waals surface area (Å²) in [6.07, 6.45) is 3.30. The van der Waals surface area contributed by atoms with Crippen molar-refractivity contribution in [3.63, 3.8) is 0 Å². The van der Waals surface area contributed by atoms with Gasteiger partial charge in [0.1, 0.15) is 48.2 Å². The summed E-state index contributed by atoms with van der Waals surface area (Å²) in [6.45, 7) is 8.21. The molecule has 0 unspecified atom stereocenters. The fraction of sp³-hybridized carbons (Fsp3) is 0.568. The molecule has 300 valence electrons. The van der Waals surface area contributed by atoms with Crippen LogP contribution >= 0.6 is 23.3 Å². The number of ether oxygens (including phenoxy) is 3. The molecule has 4 saturated heterocycles. The van der Waals surface area contributed by atoms with Crippen molar-refractivity contribution in [2.75, 3.05) is 51.0 Å². The molecule has 1 aliphatic carbocycles. The van der Waals surface area contributed by atoms with E-state index in [0.717, 1.165) is 55.1 Å². The number of nitrogens with one attached hydrogen (secondary N) is 2. The molecule has 19 heteroatoms. The van der Waals surface area contributed by atoms with E-state index in [4.69, 9.17) is 24.8 Å². The van der Waals surface area contributed by atoms with Gasteiger partial charge in [-0.15, -0.1) is 11.8 Å². The fourth-order valence-corrected chi connectivity index (χ4v) is 9.35. The van der Waals surface area contributed by atoms with Crippen LogP contribution in [-0.4, -0.2) is 117 Å². The summed E-state index contributed by atoms with van der Waals surface area (Å²) in [6, 6.07) is 6.14. The maximum Gasteiger partial charge on any atom is 0.414 e. The number of quaternary nitrogens is 1. The maximum absolute atomic E-state index is 14.0. The number of amides is 4. The van der Waals surface area contributed by atoms with Gasteiger partial charge in [-0.3, -0.25) is 24.6 Å². The molecule has 4 amide bonds. The zero-order chi connectivity index (χ0) is 39.8. The van der Waals surface area contributed by atoms with Gasteiger partial charge in [0.2, 0.25) is 22.6 Å². The average Bonchev–Trinajstić information content (AvgIpc) is 3.89. The Labute approximate surface area is 332 Å². The molecule has 1 saturated carbocycles. The molecule has 6 heterocycles. The van der Waals surface area contributed by atoms with Gasteiger partial charge in [-0.25, -0.2) is 9.59 Å². The van der Waals surface area contributed by atoms with Gasteiger partial charge >= 0.3 is 12.1 Å². The quantitative estimate of drug-likeness (QED) is 0.0827. The highest BCUT2D eigenvalue weighted by molar-refractivity contribution is 8.00. The van der Waals surface area contributed by atoms with E-state index in [1.165, 1.54) is 16.7 Å². The van der Waals surface area contributed by atoms with E-state index < -0.39 is 46.3 Å². The lowest BCUT2D eigenvalue weighted by Gasteiger charge is -2.55. The van der Waals surface area contributed by atoms with Gasteiger partial charge in [0, 0.05) is 42.1 Å². The van der Waals surface area contributed by atoms with Crippen molar-refractivity contribution in [2.24, 2.45) is 22.2 Å². The van der Waals surface area contributed by atoms with Crippen LogP contribution in [0.15, 0.2) is 40.7 Å². The van der Waals surface area contributed by atoms with Crippen molar-refractivity contribution in [2.45, 2.75) is 76.5 Å². The van der Waals surface area contributed by atoms with Gasteiger partial charge in [0.15, 0.2) is 0 Å². The number of methoxy groups -OCH3 is 1. The molecular weight excluding hydrogens is 765 g/mol. The third kappa shape index (κ3) is 8.48. The number of piperidine rings is 3. The van der Waals surface area contributed by atoms with Crippen molar-refractivity contribution in [3.8, 4) is 5.75 Å². The number of primary amides is 1. The number of nitrogens with two attached hydrogens (primary N) is 1. The van der Waals surface area contributed by atoms with Crippen LogP contribution in [0.3, 0.4) is 0 Å². The van der Waals surface area contributed by atoms with Crippen LogP contribution in [0.5, 0.6) is 5.75 Å². The first kappa shape index (κ1) is 39.5. The minimum absolute atomic E-state index is 0.0210. The van der Waals surface area contributed by atoms with Crippen LogP contribution < -0.4 is 21.1 Å². The van der Waals surface area contributed by atoms with Crippen LogP contribution in [0.25, 0.3) is 0 Å². The summed E-state index contributed by atoms with van der Waals surface area (Å²) in [5.41, 5.74) is 6.04. The third-order valence-electron chi connectivity index (χ3n) is 10.9. The Kier molecular flexibility index (Phi) is 11.0. The molecular formula is C37H47N8O9S2+. The zero-order valence-corrected chi connectivity index (χ0v) is 33.5. The number of fused-ring (bicyclic) bond motifs is 4. The topological polar surface area (TPSA) is 214 Å². The van der Waals surface area contributed by atoms with Crippen LogP contribution in [0.1, 0.15) is 64.3 Å². The summed E-state index contributed by atoms with van der Waals surface area (Å²) in [4.78, 5) is 77.8. The van der Waals surface area contributed by atoms with Crippen molar-refractivity contribution < 1.29 is 47.5 Å². The molecule has 1 aromatic heterocycles. The van der Waals surface area contributed by atoms with Crippen molar-refractivity contribution in [1.29, 1.82) is 0 Å². The normalized spacial score (nSPS) is 25.8. The molecule has 6 aliphatic rings. The van der Waals surface area contributed by atoms with E-state index in [0.29, 0.717) is 54.3 Å². The molecule has 0 radical (unpaired) electrons. The van der Waals surface area contributed by atoms with E-state index >= 15 is 0 Å². The third-order valence-corrected chi connectivity index (χ3v) is 12.9. The monoisotopic (exact) mass is 811 g/mol. The average molecular weight is 812 g/mol. The van der Waals surface area contributed by atoms with E-state index in [2.05, 4.69) is 25.1 Å². The first-order chi connectivity index (χ1) is 26.7. The zero-order valence-electron chi connectivity index (χ0n) is 31.8. The van der Waals surface area contributed by atoms with Crippen LogP contribution in [0, 0.1) is 11.3 Å². The molecule has 56 heavy (non-hydrogen) atoms. The highest BCUT2D eigenvalue weighted by Gasteiger charge is 2.57. The number of β-lactam (4-membered cyclic amide) rings is 1. The smallest absolute Gasteiger partial charge is 0.414 e. The van der Waals surface area contributed by atoms with Gasteiger partial charge in [-0.1, -0.05) is 17.3 Å². The number of hydrogen-bond acceptors (Lipinski definition) is 14. The lowest BCUT2D eigenvalue weighted by atomic mass is 9.70. The largest absolute Gasteiger partial charge is 0.497 e. The van der Waals surface area contributed by atoms with Crippen molar-refractivity contribution in [1.82, 2.24) is 19.6 Å².